The van der Waals surface area contributed by atoms with Gasteiger partial charge in [-0.25, -0.2) is 13.6 Å². The molecule has 0 saturated carbocycles. The Balaban J connectivity index is 2.10. The Morgan fingerprint density at radius 2 is 1.71 bits per heavy atom. The van der Waals surface area contributed by atoms with Gasteiger partial charge < -0.3 is 14.8 Å². The van der Waals surface area contributed by atoms with Crippen LogP contribution < -0.4 is 5.56 Å². The molecule has 158 valence electrons. The van der Waals surface area contributed by atoms with E-state index in [1.807, 2.05) is 0 Å². The minimum absolute atomic E-state index is 0.0588. The number of aliphatic carboxylic acids is 1. The zero-order chi connectivity index (χ0) is 22.5. The van der Waals surface area contributed by atoms with Gasteiger partial charge in [-0.2, -0.15) is 0 Å². The molecular formula is C23H17F2NO5. The van der Waals surface area contributed by atoms with Gasteiger partial charge in [0, 0.05) is 18.7 Å². The van der Waals surface area contributed by atoms with Gasteiger partial charge in [0.1, 0.15) is 17.4 Å². The van der Waals surface area contributed by atoms with E-state index in [-0.39, 0.29) is 18.5 Å². The number of pyridine rings is 1. The summed E-state index contributed by atoms with van der Waals surface area (Å²) in [4.78, 5) is 35.1. The maximum absolute atomic E-state index is 14.1. The molecule has 2 N–H and O–H groups in total. The summed E-state index contributed by atoms with van der Waals surface area (Å²) in [5, 5.41) is 19.0. The lowest BCUT2D eigenvalue weighted by atomic mass is 10.0. The summed E-state index contributed by atoms with van der Waals surface area (Å²) >= 11 is 0. The lowest BCUT2D eigenvalue weighted by Gasteiger charge is -2.13. The van der Waals surface area contributed by atoms with Crippen molar-refractivity contribution in [3.8, 4) is 0 Å². The van der Waals surface area contributed by atoms with Crippen molar-refractivity contribution >= 4 is 17.5 Å². The minimum Gasteiger partial charge on any atom is -0.507 e. The lowest BCUT2D eigenvalue weighted by molar-refractivity contribution is -0.146. The first-order valence-corrected chi connectivity index (χ1v) is 9.14. The second kappa shape index (κ2) is 9.17. The number of benzene rings is 2. The summed E-state index contributed by atoms with van der Waals surface area (Å²) in [5.41, 5.74) is 0.141. The summed E-state index contributed by atoms with van der Waals surface area (Å²) in [6, 6.07) is 12.8. The van der Waals surface area contributed by atoms with Crippen LogP contribution in [0.1, 0.15) is 22.3 Å². The molecule has 0 aliphatic heterocycles. The maximum Gasteiger partial charge on any atom is 0.376 e. The summed E-state index contributed by atoms with van der Waals surface area (Å²) in [7, 11) is 0. The van der Waals surface area contributed by atoms with Crippen molar-refractivity contribution < 1.29 is 28.6 Å². The third-order valence-electron chi connectivity index (χ3n) is 4.49. The van der Waals surface area contributed by atoms with Gasteiger partial charge in [0.05, 0.1) is 12.1 Å². The van der Waals surface area contributed by atoms with Crippen LogP contribution in [0.5, 0.6) is 0 Å². The largest absolute Gasteiger partial charge is 0.507 e. The maximum atomic E-state index is 14.1. The minimum atomic E-state index is -1.80. The average Bonchev–Trinajstić information content (AvgIpc) is 2.71. The van der Waals surface area contributed by atoms with Gasteiger partial charge in [0.15, 0.2) is 0 Å². The molecule has 1 heterocycles. The van der Waals surface area contributed by atoms with Crippen LogP contribution in [0, 0.1) is 11.6 Å². The number of nitrogens with zero attached hydrogens (tertiary/aromatic N) is 1. The van der Waals surface area contributed by atoms with Crippen LogP contribution in [-0.4, -0.2) is 26.5 Å². The first-order chi connectivity index (χ1) is 14.7. The molecule has 0 amide bonds. The number of carboxylic acid groups (broad SMARTS) is 1. The third kappa shape index (κ3) is 5.30. The van der Waals surface area contributed by atoms with E-state index in [1.165, 1.54) is 47.2 Å². The Kier molecular flexibility index (Phi) is 6.40. The highest BCUT2D eigenvalue weighted by Gasteiger charge is 2.16. The van der Waals surface area contributed by atoms with Crippen molar-refractivity contribution in [2.24, 2.45) is 0 Å². The molecule has 0 aliphatic carbocycles. The first-order valence-electron chi connectivity index (χ1n) is 9.14. The fourth-order valence-electron chi connectivity index (χ4n) is 3.05. The standard InChI is InChI=1S/C23H17F2NO5/c24-17-6-3-4-14(9-17)12-26-13-15(8-16-5-1-2-7-19(16)25)10-18(22(26)29)20(27)11-21(28)23(30)31/h1-7,9-11,13,27H,8,12H2,(H,30,31)/b20-11-. The highest BCUT2D eigenvalue weighted by atomic mass is 19.1. The van der Waals surface area contributed by atoms with Crippen LogP contribution in [0.15, 0.2) is 71.7 Å². The Hall–Kier alpha value is -4.07. The highest BCUT2D eigenvalue weighted by molar-refractivity contribution is 6.38. The molecule has 2 aromatic carbocycles. The molecular weight excluding hydrogens is 408 g/mol. The van der Waals surface area contributed by atoms with E-state index >= 15 is 0 Å². The Morgan fingerprint density at radius 1 is 0.968 bits per heavy atom. The van der Waals surface area contributed by atoms with E-state index < -0.39 is 34.7 Å². The van der Waals surface area contributed by atoms with Crippen LogP contribution >= 0.6 is 0 Å². The molecule has 0 saturated heterocycles. The zero-order valence-electron chi connectivity index (χ0n) is 16.1. The predicted molar refractivity (Wildman–Crippen MR) is 109 cm³/mol. The predicted octanol–water partition coefficient (Wildman–Crippen LogP) is 3.32. The van der Waals surface area contributed by atoms with Crippen LogP contribution in [0.2, 0.25) is 0 Å². The number of ketones is 1. The molecule has 3 rings (SSSR count). The number of aliphatic hydroxyl groups is 1. The van der Waals surface area contributed by atoms with E-state index in [9.17, 15) is 28.3 Å². The molecule has 0 radical (unpaired) electrons. The van der Waals surface area contributed by atoms with Gasteiger partial charge in [-0.3, -0.25) is 9.59 Å². The number of carbonyl (C=O) groups is 2. The third-order valence-corrected chi connectivity index (χ3v) is 4.49. The van der Waals surface area contributed by atoms with Gasteiger partial charge in [-0.05, 0) is 41.0 Å². The van der Waals surface area contributed by atoms with Crippen LogP contribution in [0.25, 0.3) is 5.76 Å². The zero-order valence-corrected chi connectivity index (χ0v) is 16.1. The van der Waals surface area contributed by atoms with Crippen LogP contribution in [0.3, 0.4) is 0 Å². The fraction of sp³-hybridized carbons (Fsp3) is 0.0870. The number of halogens is 2. The van der Waals surface area contributed by atoms with E-state index in [2.05, 4.69) is 0 Å². The van der Waals surface area contributed by atoms with Gasteiger partial charge in [0.25, 0.3) is 11.3 Å². The number of hydrogen-bond acceptors (Lipinski definition) is 4. The summed E-state index contributed by atoms with van der Waals surface area (Å²) in [5.74, 6) is -5.00. The second-order valence-electron chi connectivity index (χ2n) is 6.79. The van der Waals surface area contributed by atoms with Crippen molar-refractivity contribution in [3.05, 3.63) is 111 Å². The molecule has 0 spiro atoms. The molecule has 0 unspecified atom stereocenters. The van der Waals surface area contributed by atoms with Crippen LogP contribution in [0.4, 0.5) is 8.78 Å². The molecule has 1 aromatic heterocycles. The molecule has 6 nitrogen and oxygen atoms in total. The number of carboxylic acids is 1. The van der Waals surface area contributed by atoms with Crippen molar-refractivity contribution in [1.29, 1.82) is 0 Å². The van der Waals surface area contributed by atoms with Crippen molar-refractivity contribution in [1.82, 2.24) is 4.57 Å². The van der Waals surface area contributed by atoms with E-state index in [4.69, 9.17) is 5.11 Å². The Bertz CT molecular complexity index is 1250. The Labute approximate surface area is 175 Å². The Morgan fingerprint density at radius 3 is 2.39 bits per heavy atom. The first kappa shape index (κ1) is 21.6. The number of carbonyl (C=O) groups excluding carboxylic acids is 1. The summed E-state index contributed by atoms with van der Waals surface area (Å²) in [6.07, 6.45) is 1.93. The van der Waals surface area contributed by atoms with E-state index in [0.717, 1.165) is 0 Å². The van der Waals surface area contributed by atoms with E-state index in [0.29, 0.717) is 22.8 Å². The molecule has 8 heteroatoms. The van der Waals surface area contributed by atoms with Crippen molar-refractivity contribution in [3.63, 3.8) is 0 Å². The topological polar surface area (TPSA) is 96.6 Å². The molecule has 0 bridgehead atoms. The summed E-state index contributed by atoms with van der Waals surface area (Å²) in [6.45, 7) is -0.0607. The monoisotopic (exact) mass is 425 g/mol. The molecule has 0 aliphatic rings. The van der Waals surface area contributed by atoms with Crippen LogP contribution in [-0.2, 0) is 22.6 Å². The average molecular weight is 425 g/mol. The van der Waals surface area contributed by atoms with Crippen molar-refractivity contribution in [2.45, 2.75) is 13.0 Å². The number of aliphatic hydroxyl groups excluding tert-OH is 1. The highest BCUT2D eigenvalue weighted by Crippen LogP contribution is 2.17. The summed E-state index contributed by atoms with van der Waals surface area (Å²) < 4.78 is 28.8. The molecule has 0 atom stereocenters. The number of rotatable bonds is 7. The van der Waals surface area contributed by atoms with Gasteiger partial charge in [-0.15, -0.1) is 0 Å². The number of aromatic nitrogens is 1. The van der Waals surface area contributed by atoms with Gasteiger partial charge in [0.2, 0.25) is 0 Å². The normalized spacial score (nSPS) is 11.4. The quantitative estimate of drug-likeness (QED) is 0.344. The van der Waals surface area contributed by atoms with Gasteiger partial charge >= 0.3 is 5.97 Å². The SMILES string of the molecule is O=C(O)C(=O)/C=C(\O)c1cc(Cc2ccccc2F)cn(Cc2cccc(F)c2)c1=O. The number of hydrogen-bond donors (Lipinski definition) is 2. The van der Waals surface area contributed by atoms with Crippen molar-refractivity contribution in [2.75, 3.05) is 0 Å². The molecule has 0 fully saturated rings. The smallest absolute Gasteiger partial charge is 0.376 e. The van der Waals surface area contributed by atoms with E-state index in [1.54, 1.807) is 18.2 Å². The fourth-order valence-corrected chi connectivity index (χ4v) is 3.05. The molecule has 31 heavy (non-hydrogen) atoms. The molecule has 3 aromatic rings. The lowest BCUT2D eigenvalue weighted by Crippen LogP contribution is -2.25. The van der Waals surface area contributed by atoms with Gasteiger partial charge in [-0.1, -0.05) is 30.3 Å². The second-order valence-corrected chi connectivity index (χ2v) is 6.79.